The van der Waals surface area contributed by atoms with E-state index in [1.807, 2.05) is 30.3 Å². The Hall–Kier alpha value is -3.52. The van der Waals surface area contributed by atoms with Crippen LogP contribution in [0, 0.1) is 12.3 Å². The lowest BCUT2D eigenvalue weighted by Crippen LogP contribution is -2.25. The minimum Gasteiger partial charge on any atom is -0.495 e. The van der Waals surface area contributed by atoms with Crippen molar-refractivity contribution >= 4 is 34.8 Å². The van der Waals surface area contributed by atoms with Gasteiger partial charge in [-0.1, -0.05) is 29.8 Å². The summed E-state index contributed by atoms with van der Waals surface area (Å²) >= 11 is 6.04. The molecular formula is C25H27ClN4O4. The summed E-state index contributed by atoms with van der Waals surface area (Å²) in [5.41, 5.74) is 1.39. The number of nitrogens with one attached hydrogen (secondary N) is 2. The number of ether oxygens (including phenoxy) is 1. The van der Waals surface area contributed by atoms with E-state index in [9.17, 15) is 14.4 Å². The standard InChI is InChI=1S/C25H27ClN4O4/c1-16-23(24(33)30(29(16)2)18-7-5-4-6-8-18)28-22(32)15-25(11-12-25)14-21(31)27-19-13-17(26)9-10-20(19)34-3/h4-10,13H,11-12,14-15H2,1-3H3,(H,27,31)(H,28,32). The number of rotatable bonds is 8. The number of aromatic nitrogens is 2. The van der Waals surface area contributed by atoms with Crippen molar-refractivity contribution in [3.63, 3.8) is 0 Å². The molecule has 178 valence electrons. The molecule has 2 N–H and O–H groups in total. The van der Waals surface area contributed by atoms with Gasteiger partial charge in [0.15, 0.2) is 0 Å². The van der Waals surface area contributed by atoms with Gasteiger partial charge in [-0.25, -0.2) is 4.68 Å². The van der Waals surface area contributed by atoms with Gasteiger partial charge in [0.25, 0.3) is 5.56 Å². The SMILES string of the molecule is COc1ccc(Cl)cc1NC(=O)CC1(CC(=O)Nc2c(C)n(C)n(-c3ccccc3)c2=O)CC1. The van der Waals surface area contributed by atoms with E-state index in [0.717, 1.165) is 12.8 Å². The van der Waals surface area contributed by atoms with Gasteiger partial charge in [-0.05, 0) is 55.5 Å². The average molecular weight is 483 g/mol. The molecule has 0 radical (unpaired) electrons. The number of para-hydroxylation sites is 1. The molecule has 0 unspecified atom stereocenters. The van der Waals surface area contributed by atoms with Crippen LogP contribution in [0.25, 0.3) is 5.69 Å². The highest BCUT2D eigenvalue weighted by Crippen LogP contribution is 2.52. The van der Waals surface area contributed by atoms with E-state index in [0.29, 0.717) is 27.8 Å². The number of amides is 2. The molecule has 0 spiro atoms. The highest BCUT2D eigenvalue weighted by Gasteiger charge is 2.46. The number of carbonyl (C=O) groups excluding carboxylic acids is 2. The number of anilines is 2. The Morgan fingerprint density at radius 1 is 1.06 bits per heavy atom. The highest BCUT2D eigenvalue weighted by molar-refractivity contribution is 6.31. The summed E-state index contributed by atoms with van der Waals surface area (Å²) in [4.78, 5) is 38.6. The number of halogens is 1. The molecule has 8 nitrogen and oxygen atoms in total. The molecule has 2 amide bonds. The van der Waals surface area contributed by atoms with Crippen molar-refractivity contribution < 1.29 is 14.3 Å². The van der Waals surface area contributed by atoms with Crippen molar-refractivity contribution in [2.75, 3.05) is 17.7 Å². The van der Waals surface area contributed by atoms with Crippen molar-refractivity contribution in [1.82, 2.24) is 9.36 Å². The first-order chi connectivity index (χ1) is 16.2. The van der Waals surface area contributed by atoms with E-state index in [4.69, 9.17) is 16.3 Å². The van der Waals surface area contributed by atoms with E-state index in [2.05, 4.69) is 10.6 Å². The summed E-state index contributed by atoms with van der Waals surface area (Å²) in [6.45, 7) is 1.79. The first-order valence-corrected chi connectivity index (χ1v) is 11.4. The monoisotopic (exact) mass is 482 g/mol. The van der Waals surface area contributed by atoms with Crippen LogP contribution in [0.15, 0.2) is 53.3 Å². The van der Waals surface area contributed by atoms with E-state index < -0.39 is 5.41 Å². The summed E-state index contributed by atoms with van der Waals surface area (Å²) < 4.78 is 8.50. The highest BCUT2D eigenvalue weighted by atomic mass is 35.5. The minimum atomic E-state index is -0.416. The Morgan fingerprint density at radius 3 is 2.32 bits per heavy atom. The van der Waals surface area contributed by atoms with Crippen molar-refractivity contribution in [1.29, 1.82) is 0 Å². The Balaban J connectivity index is 1.43. The van der Waals surface area contributed by atoms with E-state index in [-0.39, 0.29) is 35.9 Å². The lowest BCUT2D eigenvalue weighted by molar-refractivity contribution is -0.119. The van der Waals surface area contributed by atoms with Crippen LogP contribution in [-0.2, 0) is 16.6 Å². The van der Waals surface area contributed by atoms with Gasteiger partial charge in [0.1, 0.15) is 11.4 Å². The molecule has 1 saturated carbocycles. The van der Waals surface area contributed by atoms with Crippen LogP contribution < -0.4 is 20.9 Å². The van der Waals surface area contributed by atoms with Crippen molar-refractivity contribution in [3.8, 4) is 11.4 Å². The summed E-state index contributed by atoms with van der Waals surface area (Å²) in [5.74, 6) is 0.0134. The van der Waals surface area contributed by atoms with Crippen LogP contribution in [0.4, 0.5) is 11.4 Å². The van der Waals surface area contributed by atoms with Gasteiger partial charge in [-0.15, -0.1) is 0 Å². The van der Waals surface area contributed by atoms with Crippen LogP contribution >= 0.6 is 11.6 Å². The molecule has 4 rings (SSSR count). The van der Waals surface area contributed by atoms with Crippen molar-refractivity contribution in [2.45, 2.75) is 32.6 Å². The fraction of sp³-hybridized carbons (Fsp3) is 0.320. The first kappa shape index (κ1) is 23.6. The molecule has 1 fully saturated rings. The molecule has 0 bridgehead atoms. The zero-order valence-corrected chi connectivity index (χ0v) is 20.1. The molecule has 34 heavy (non-hydrogen) atoms. The van der Waals surface area contributed by atoms with Gasteiger partial charge in [0.05, 0.1) is 24.2 Å². The minimum absolute atomic E-state index is 0.159. The third-order valence-corrected chi connectivity index (χ3v) is 6.52. The maximum Gasteiger partial charge on any atom is 0.295 e. The third kappa shape index (κ3) is 4.87. The molecular weight excluding hydrogens is 456 g/mol. The molecule has 0 atom stereocenters. The maximum atomic E-state index is 13.0. The number of benzene rings is 2. The Labute approximate surface area is 202 Å². The summed E-state index contributed by atoms with van der Waals surface area (Å²) in [7, 11) is 3.29. The summed E-state index contributed by atoms with van der Waals surface area (Å²) in [5, 5.41) is 6.11. The molecule has 0 saturated heterocycles. The molecule has 9 heteroatoms. The van der Waals surface area contributed by atoms with Crippen LogP contribution in [-0.4, -0.2) is 28.3 Å². The van der Waals surface area contributed by atoms with Crippen LogP contribution in [0.5, 0.6) is 5.75 Å². The largest absolute Gasteiger partial charge is 0.495 e. The maximum absolute atomic E-state index is 13.0. The van der Waals surface area contributed by atoms with Gasteiger partial charge in [-0.2, -0.15) is 0 Å². The molecule has 0 aliphatic heterocycles. The molecule has 1 heterocycles. The van der Waals surface area contributed by atoms with Crippen LogP contribution in [0.2, 0.25) is 5.02 Å². The zero-order chi connectivity index (χ0) is 24.5. The fourth-order valence-corrected chi connectivity index (χ4v) is 4.31. The van der Waals surface area contributed by atoms with Gasteiger partial charge in [0.2, 0.25) is 11.8 Å². The molecule has 2 aromatic carbocycles. The number of carbonyl (C=O) groups is 2. The Morgan fingerprint density at radius 2 is 1.71 bits per heavy atom. The number of hydrogen-bond acceptors (Lipinski definition) is 4. The zero-order valence-electron chi connectivity index (χ0n) is 19.4. The first-order valence-electron chi connectivity index (χ1n) is 11.0. The Kier molecular flexibility index (Phi) is 6.52. The van der Waals surface area contributed by atoms with E-state index in [1.54, 1.807) is 36.9 Å². The van der Waals surface area contributed by atoms with Crippen LogP contribution in [0.1, 0.15) is 31.4 Å². The number of nitrogens with zero attached hydrogens (tertiary/aromatic N) is 2. The predicted octanol–water partition coefficient (Wildman–Crippen LogP) is 4.28. The third-order valence-electron chi connectivity index (χ3n) is 6.28. The quantitative estimate of drug-likeness (QED) is 0.501. The van der Waals surface area contributed by atoms with Gasteiger partial charge in [-0.3, -0.25) is 19.1 Å². The van der Waals surface area contributed by atoms with Crippen molar-refractivity contribution in [2.24, 2.45) is 12.5 Å². The molecule has 1 aliphatic carbocycles. The van der Waals surface area contributed by atoms with Gasteiger partial charge in [0, 0.05) is 24.9 Å². The molecule has 1 aromatic heterocycles. The van der Waals surface area contributed by atoms with Gasteiger partial charge < -0.3 is 15.4 Å². The number of methoxy groups -OCH3 is 1. The topological polar surface area (TPSA) is 94.4 Å². The average Bonchev–Trinajstić information content (AvgIpc) is 3.51. The summed E-state index contributed by atoms with van der Waals surface area (Å²) in [6, 6.07) is 14.2. The second-order valence-electron chi connectivity index (χ2n) is 8.73. The summed E-state index contributed by atoms with van der Waals surface area (Å²) in [6.07, 6.45) is 1.88. The smallest absolute Gasteiger partial charge is 0.295 e. The van der Waals surface area contributed by atoms with E-state index in [1.165, 1.54) is 11.8 Å². The van der Waals surface area contributed by atoms with Crippen LogP contribution in [0.3, 0.4) is 0 Å². The second kappa shape index (κ2) is 9.38. The molecule has 3 aromatic rings. The lowest BCUT2D eigenvalue weighted by atomic mass is 9.97. The Bertz CT molecular complexity index is 1290. The van der Waals surface area contributed by atoms with Crippen molar-refractivity contribution in [3.05, 3.63) is 69.6 Å². The predicted molar refractivity (Wildman–Crippen MR) is 132 cm³/mol. The normalized spacial score (nSPS) is 13.9. The van der Waals surface area contributed by atoms with Gasteiger partial charge >= 0.3 is 0 Å². The molecule has 1 aliphatic rings. The lowest BCUT2D eigenvalue weighted by Gasteiger charge is -2.16. The fourth-order valence-electron chi connectivity index (χ4n) is 4.14. The number of hydrogen-bond donors (Lipinski definition) is 2. The van der Waals surface area contributed by atoms with E-state index >= 15 is 0 Å². The second-order valence-corrected chi connectivity index (χ2v) is 9.17.